The van der Waals surface area contributed by atoms with E-state index in [-0.39, 0.29) is 13.2 Å². The van der Waals surface area contributed by atoms with Crippen LogP contribution < -0.4 is 5.32 Å². The largest absolute Gasteiger partial charge is 0.394 e. The number of hydrogen-bond donors (Lipinski definition) is 3. The maximum Gasteiger partial charge on any atom is 0.0645 e. The highest BCUT2D eigenvalue weighted by atomic mass is 32.1. The van der Waals surface area contributed by atoms with Crippen molar-refractivity contribution in [2.24, 2.45) is 0 Å². The lowest BCUT2D eigenvalue weighted by molar-refractivity contribution is 0.0884. The molecule has 4 heteroatoms. The van der Waals surface area contributed by atoms with Crippen LogP contribution in [0.15, 0.2) is 17.5 Å². The van der Waals surface area contributed by atoms with Crippen molar-refractivity contribution in [1.82, 2.24) is 5.32 Å². The molecule has 0 saturated carbocycles. The fourth-order valence-electron chi connectivity index (χ4n) is 1.42. The molecule has 1 heterocycles. The molecule has 3 N–H and O–H groups in total. The van der Waals surface area contributed by atoms with Crippen molar-refractivity contribution in [1.29, 1.82) is 0 Å². The molecule has 1 aromatic heterocycles. The van der Waals surface area contributed by atoms with Gasteiger partial charge in [-0.15, -0.1) is 11.3 Å². The summed E-state index contributed by atoms with van der Waals surface area (Å²) in [4.78, 5) is 1.32. The number of hydrogen-bond acceptors (Lipinski definition) is 4. The molecule has 0 amide bonds. The minimum Gasteiger partial charge on any atom is -0.394 e. The van der Waals surface area contributed by atoms with Gasteiger partial charge in [0.25, 0.3) is 0 Å². The molecule has 0 aliphatic heterocycles. The minimum atomic E-state index is -0.517. The molecule has 1 aromatic rings. The van der Waals surface area contributed by atoms with Gasteiger partial charge in [0.05, 0.1) is 18.8 Å². The van der Waals surface area contributed by atoms with Gasteiger partial charge >= 0.3 is 0 Å². The van der Waals surface area contributed by atoms with Crippen LogP contribution in [0, 0.1) is 0 Å². The molecule has 0 unspecified atom stereocenters. The fraction of sp³-hybridized carbons (Fsp3) is 0.636. The maximum absolute atomic E-state index is 9.21. The molecule has 0 saturated heterocycles. The predicted octanol–water partition coefficient (Wildman–Crippen LogP) is 1.01. The highest BCUT2D eigenvalue weighted by Gasteiger charge is 2.25. The Morgan fingerprint density at radius 1 is 1.40 bits per heavy atom. The van der Waals surface area contributed by atoms with Crippen molar-refractivity contribution in [3.8, 4) is 0 Å². The van der Waals surface area contributed by atoms with Gasteiger partial charge < -0.3 is 15.5 Å². The zero-order valence-electron chi connectivity index (χ0n) is 9.07. The first-order chi connectivity index (χ1) is 7.26. The molecule has 86 valence electrons. The van der Waals surface area contributed by atoms with E-state index in [1.807, 2.05) is 13.0 Å². The van der Waals surface area contributed by atoms with Gasteiger partial charge in [0, 0.05) is 11.4 Å². The zero-order chi connectivity index (χ0) is 11.1. The van der Waals surface area contributed by atoms with E-state index in [1.54, 1.807) is 11.3 Å². The number of aliphatic hydroxyl groups is 2. The molecule has 3 nitrogen and oxygen atoms in total. The van der Waals surface area contributed by atoms with Gasteiger partial charge in [-0.25, -0.2) is 0 Å². The molecule has 0 aromatic carbocycles. The summed E-state index contributed by atoms with van der Waals surface area (Å²) in [5, 5.41) is 23.7. The maximum atomic E-state index is 9.21. The number of aliphatic hydroxyl groups excluding tert-OH is 2. The highest BCUT2D eigenvalue weighted by molar-refractivity contribution is 7.09. The van der Waals surface area contributed by atoms with Gasteiger partial charge in [0.2, 0.25) is 0 Å². The normalized spacial score (nSPS) is 11.9. The summed E-state index contributed by atoms with van der Waals surface area (Å²) in [5.41, 5.74) is -0.517. The Morgan fingerprint density at radius 2 is 2.13 bits per heavy atom. The van der Waals surface area contributed by atoms with Crippen molar-refractivity contribution in [2.75, 3.05) is 19.8 Å². The second-order valence-corrected chi connectivity index (χ2v) is 4.74. The summed E-state index contributed by atoms with van der Waals surface area (Å²) in [7, 11) is 0. The summed E-state index contributed by atoms with van der Waals surface area (Å²) in [6, 6.07) is 4.13. The molecule has 0 fully saturated rings. The number of rotatable bonds is 7. The molecular formula is C11H19NO2S. The molecule has 0 bridgehead atoms. The van der Waals surface area contributed by atoms with Crippen molar-refractivity contribution in [3.05, 3.63) is 22.4 Å². The Kier molecular flexibility index (Phi) is 5.25. The molecular weight excluding hydrogens is 210 g/mol. The van der Waals surface area contributed by atoms with Crippen LogP contribution in [-0.4, -0.2) is 35.5 Å². The predicted molar refractivity (Wildman–Crippen MR) is 63.2 cm³/mol. The second kappa shape index (κ2) is 6.23. The van der Waals surface area contributed by atoms with E-state index in [0.29, 0.717) is 0 Å². The third kappa shape index (κ3) is 3.57. The Bertz CT molecular complexity index is 249. The van der Waals surface area contributed by atoms with E-state index in [4.69, 9.17) is 0 Å². The van der Waals surface area contributed by atoms with Crippen LogP contribution in [0.4, 0.5) is 0 Å². The molecule has 15 heavy (non-hydrogen) atoms. The van der Waals surface area contributed by atoms with Crippen molar-refractivity contribution in [3.63, 3.8) is 0 Å². The highest BCUT2D eigenvalue weighted by Crippen LogP contribution is 2.11. The standard InChI is InChI=1S/C11H19NO2S/c1-2-11(8-13,9-14)12-6-5-10-4-3-7-15-10/h3-4,7,12-14H,2,5-6,8-9H2,1H3. The second-order valence-electron chi connectivity index (χ2n) is 3.71. The van der Waals surface area contributed by atoms with Crippen LogP contribution in [0.5, 0.6) is 0 Å². The monoisotopic (exact) mass is 229 g/mol. The first-order valence-electron chi connectivity index (χ1n) is 5.25. The average molecular weight is 229 g/mol. The Labute approximate surface area is 94.8 Å². The van der Waals surface area contributed by atoms with E-state index < -0.39 is 5.54 Å². The van der Waals surface area contributed by atoms with Crippen LogP contribution in [0.3, 0.4) is 0 Å². The lowest BCUT2D eigenvalue weighted by Crippen LogP contribution is -2.51. The fourth-order valence-corrected chi connectivity index (χ4v) is 2.13. The van der Waals surface area contributed by atoms with Gasteiger partial charge in [0.15, 0.2) is 0 Å². The molecule has 0 aliphatic rings. The molecule has 0 radical (unpaired) electrons. The van der Waals surface area contributed by atoms with E-state index in [2.05, 4.69) is 16.8 Å². The lowest BCUT2D eigenvalue weighted by Gasteiger charge is -2.29. The van der Waals surface area contributed by atoms with E-state index in [9.17, 15) is 10.2 Å². The Balaban J connectivity index is 2.34. The van der Waals surface area contributed by atoms with E-state index in [1.165, 1.54) is 4.88 Å². The third-order valence-corrected chi connectivity index (χ3v) is 3.67. The Hall–Kier alpha value is -0.420. The number of thiophene rings is 1. The third-order valence-electron chi connectivity index (χ3n) is 2.73. The smallest absolute Gasteiger partial charge is 0.0645 e. The van der Waals surface area contributed by atoms with Crippen molar-refractivity contribution in [2.45, 2.75) is 25.3 Å². The summed E-state index contributed by atoms with van der Waals surface area (Å²) in [5.74, 6) is 0. The van der Waals surface area contributed by atoms with Crippen LogP contribution in [0.2, 0.25) is 0 Å². The minimum absolute atomic E-state index is 0.0234. The van der Waals surface area contributed by atoms with Crippen molar-refractivity contribution >= 4 is 11.3 Å². The Morgan fingerprint density at radius 3 is 2.60 bits per heavy atom. The van der Waals surface area contributed by atoms with Gasteiger partial charge in [-0.3, -0.25) is 0 Å². The van der Waals surface area contributed by atoms with Gasteiger partial charge in [-0.1, -0.05) is 13.0 Å². The van der Waals surface area contributed by atoms with Crippen LogP contribution >= 0.6 is 11.3 Å². The van der Waals surface area contributed by atoms with Crippen LogP contribution in [0.25, 0.3) is 0 Å². The molecule has 0 atom stereocenters. The van der Waals surface area contributed by atoms with E-state index >= 15 is 0 Å². The van der Waals surface area contributed by atoms with Gasteiger partial charge in [-0.05, 0) is 24.3 Å². The first-order valence-corrected chi connectivity index (χ1v) is 6.13. The number of nitrogens with one attached hydrogen (secondary N) is 1. The van der Waals surface area contributed by atoms with Gasteiger partial charge in [-0.2, -0.15) is 0 Å². The molecule has 0 spiro atoms. The average Bonchev–Trinajstić information content (AvgIpc) is 2.78. The van der Waals surface area contributed by atoms with E-state index in [0.717, 1.165) is 19.4 Å². The lowest BCUT2D eigenvalue weighted by atomic mass is 9.98. The van der Waals surface area contributed by atoms with Crippen LogP contribution in [0.1, 0.15) is 18.2 Å². The van der Waals surface area contributed by atoms with Gasteiger partial charge in [0.1, 0.15) is 0 Å². The SMILES string of the molecule is CCC(CO)(CO)NCCc1cccs1. The summed E-state index contributed by atoms with van der Waals surface area (Å²) in [6.45, 7) is 2.70. The molecule has 0 aliphatic carbocycles. The molecule has 1 rings (SSSR count). The van der Waals surface area contributed by atoms with Crippen molar-refractivity contribution < 1.29 is 10.2 Å². The topological polar surface area (TPSA) is 52.5 Å². The quantitative estimate of drug-likeness (QED) is 0.654. The zero-order valence-corrected chi connectivity index (χ0v) is 9.89. The summed E-state index contributed by atoms with van der Waals surface area (Å²) < 4.78 is 0. The first kappa shape index (κ1) is 12.6. The summed E-state index contributed by atoms with van der Waals surface area (Å²) in [6.07, 6.45) is 1.67. The summed E-state index contributed by atoms with van der Waals surface area (Å²) >= 11 is 1.73. The van der Waals surface area contributed by atoms with Crippen LogP contribution in [-0.2, 0) is 6.42 Å².